The van der Waals surface area contributed by atoms with E-state index in [-0.39, 0.29) is 5.84 Å². The average Bonchev–Trinajstić information content (AvgIpc) is 3.14. The SMILES string of the molecule is CC(C)CCN(c1ccc(C(=N)N)cc1Br)C1CC1. The Labute approximate surface area is 123 Å². The van der Waals surface area contributed by atoms with Crippen LogP contribution in [0.3, 0.4) is 0 Å². The Hall–Kier alpha value is -1.03. The first kappa shape index (κ1) is 14.4. The van der Waals surface area contributed by atoms with Crippen molar-refractivity contribution in [2.45, 2.75) is 39.2 Å². The zero-order valence-corrected chi connectivity index (χ0v) is 13.2. The normalized spacial score (nSPS) is 14.7. The van der Waals surface area contributed by atoms with Crippen molar-refractivity contribution in [3.8, 4) is 0 Å². The zero-order chi connectivity index (χ0) is 14.0. The molecule has 1 aliphatic rings. The summed E-state index contributed by atoms with van der Waals surface area (Å²) in [6.07, 6.45) is 3.79. The lowest BCUT2D eigenvalue weighted by atomic mass is 10.1. The van der Waals surface area contributed by atoms with Crippen molar-refractivity contribution in [1.82, 2.24) is 0 Å². The lowest BCUT2D eigenvalue weighted by Gasteiger charge is -2.27. The summed E-state index contributed by atoms with van der Waals surface area (Å²) in [4.78, 5) is 2.49. The van der Waals surface area contributed by atoms with Gasteiger partial charge in [0.25, 0.3) is 0 Å². The summed E-state index contributed by atoms with van der Waals surface area (Å²) in [5, 5.41) is 7.49. The highest BCUT2D eigenvalue weighted by atomic mass is 79.9. The van der Waals surface area contributed by atoms with Crippen LogP contribution in [-0.4, -0.2) is 18.4 Å². The highest BCUT2D eigenvalue weighted by Gasteiger charge is 2.30. The molecule has 0 bridgehead atoms. The molecule has 0 atom stereocenters. The number of halogens is 1. The van der Waals surface area contributed by atoms with Crippen LogP contribution in [0.5, 0.6) is 0 Å². The van der Waals surface area contributed by atoms with E-state index in [1.165, 1.54) is 24.9 Å². The molecule has 0 spiro atoms. The molecule has 0 aliphatic heterocycles. The molecule has 104 valence electrons. The quantitative estimate of drug-likeness (QED) is 0.618. The fourth-order valence-corrected chi connectivity index (χ4v) is 2.80. The van der Waals surface area contributed by atoms with Gasteiger partial charge >= 0.3 is 0 Å². The molecule has 0 heterocycles. The minimum absolute atomic E-state index is 0.118. The van der Waals surface area contributed by atoms with E-state index >= 15 is 0 Å². The van der Waals surface area contributed by atoms with Crippen molar-refractivity contribution in [2.75, 3.05) is 11.4 Å². The van der Waals surface area contributed by atoms with Crippen molar-refractivity contribution >= 4 is 27.5 Å². The monoisotopic (exact) mass is 323 g/mol. The van der Waals surface area contributed by atoms with Crippen molar-refractivity contribution in [2.24, 2.45) is 11.7 Å². The molecule has 0 aromatic heterocycles. The van der Waals surface area contributed by atoms with Crippen LogP contribution < -0.4 is 10.6 Å². The maximum Gasteiger partial charge on any atom is 0.122 e. The number of hydrogen-bond acceptors (Lipinski definition) is 2. The minimum Gasteiger partial charge on any atom is -0.384 e. The number of nitrogen functional groups attached to an aromatic ring is 1. The summed E-state index contributed by atoms with van der Waals surface area (Å²) >= 11 is 3.63. The van der Waals surface area contributed by atoms with E-state index in [0.717, 1.165) is 22.5 Å². The average molecular weight is 324 g/mol. The van der Waals surface area contributed by atoms with E-state index in [1.54, 1.807) is 0 Å². The number of rotatable bonds is 6. The molecule has 0 unspecified atom stereocenters. The van der Waals surface area contributed by atoms with Gasteiger partial charge < -0.3 is 10.6 Å². The van der Waals surface area contributed by atoms with E-state index < -0.39 is 0 Å². The molecule has 3 N–H and O–H groups in total. The minimum atomic E-state index is 0.118. The van der Waals surface area contributed by atoms with Crippen LogP contribution in [0.2, 0.25) is 0 Å². The first-order valence-corrected chi connectivity index (χ1v) is 7.69. The van der Waals surface area contributed by atoms with Crippen LogP contribution in [0, 0.1) is 11.3 Å². The van der Waals surface area contributed by atoms with Crippen LogP contribution in [0.4, 0.5) is 5.69 Å². The topological polar surface area (TPSA) is 53.1 Å². The van der Waals surface area contributed by atoms with Gasteiger partial charge in [0, 0.05) is 22.6 Å². The van der Waals surface area contributed by atoms with Gasteiger partial charge in [-0.15, -0.1) is 0 Å². The largest absolute Gasteiger partial charge is 0.384 e. The molecule has 0 saturated heterocycles. The number of anilines is 1. The van der Waals surface area contributed by atoms with E-state index in [1.807, 2.05) is 12.1 Å². The number of benzene rings is 1. The second-order valence-corrected chi connectivity index (χ2v) is 6.54. The third-order valence-corrected chi connectivity index (χ3v) is 4.14. The second kappa shape index (κ2) is 5.95. The van der Waals surface area contributed by atoms with Crippen LogP contribution in [0.1, 0.15) is 38.7 Å². The number of nitrogens with two attached hydrogens (primary N) is 1. The maximum absolute atomic E-state index is 7.49. The van der Waals surface area contributed by atoms with Gasteiger partial charge in [-0.2, -0.15) is 0 Å². The van der Waals surface area contributed by atoms with Crippen LogP contribution in [-0.2, 0) is 0 Å². The number of hydrogen-bond donors (Lipinski definition) is 2. The zero-order valence-electron chi connectivity index (χ0n) is 11.6. The Morgan fingerprint density at radius 2 is 2.16 bits per heavy atom. The van der Waals surface area contributed by atoms with Crippen LogP contribution >= 0.6 is 15.9 Å². The van der Waals surface area contributed by atoms with Crippen LogP contribution in [0.25, 0.3) is 0 Å². The predicted molar refractivity (Wildman–Crippen MR) is 85.0 cm³/mol. The van der Waals surface area contributed by atoms with Gasteiger partial charge in [0.2, 0.25) is 0 Å². The van der Waals surface area contributed by atoms with Gasteiger partial charge in [-0.1, -0.05) is 13.8 Å². The summed E-state index contributed by atoms with van der Waals surface area (Å²) in [7, 11) is 0. The fourth-order valence-electron chi connectivity index (χ4n) is 2.19. The van der Waals surface area contributed by atoms with Gasteiger partial charge in [0.15, 0.2) is 0 Å². The summed E-state index contributed by atoms with van der Waals surface area (Å²) in [6.45, 7) is 5.62. The Kier molecular flexibility index (Phi) is 4.50. The van der Waals surface area contributed by atoms with Crippen molar-refractivity contribution in [3.05, 3.63) is 28.2 Å². The molecule has 1 aromatic rings. The standard InChI is InChI=1S/C15H22BrN3/c1-10(2)7-8-19(12-4-5-12)14-6-3-11(15(17)18)9-13(14)16/h3,6,9-10,12H,4-5,7-8H2,1-2H3,(H3,17,18). The first-order valence-electron chi connectivity index (χ1n) is 6.89. The molecule has 1 aliphatic carbocycles. The molecule has 1 saturated carbocycles. The summed E-state index contributed by atoms with van der Waals surface area (Å²) in [5.74, 6) is 0.837. The molecule has 0 radical (unpaired) electrons. The summed E-state index contributed by atoms with van der Waals surface area (Å²) < 4.78 is 1.04. The molecule has 0 amide bonds. The molecule has 2 rings (SSSR count). The molecule has 1 aromatic carbocycles. The Bertz CT molecular complexity index is 466. The molecule has 4 heteroatoms. The first-order chi connectivity index (χ1) is 8.99. The van der Waals surface area contributed by atoms with E-state index in [2.05, 4.69) is 40.7 Å². The van der Waals surface area contributed by atoms with Gasteiger partial charge in [0.1, 0.15) is 5.84 Å². The Morgan fingerprint density at radius 3 is 2.63 bits per heavy atom. The lowest BCUT2D eigenvalue weighted by molar-refractivity contribution is 0.570. The third-order valence-electron chi connectivity index (χ3n) is 3.50. The smallest absolute Gasteiger partial charge is 0.122 e. The molecular formula is C15H22BrN3. The molecule has 3 nitrogen and oxygen atoms in total. The number of nitrogens with zero attached hydrogens (tertiary/aromatic N) is 1. The Morgan fingerprint density at radius 1 is 1.47 bits per heavy atom. The van der Waals surface area contributed by atoms with Gasteiger partial charge in [-0.3, -0.25) is 5.41 Å². The third kappa shape index (κ3) is 3.72. The fraction of sp³-hybridized carbons (Fsp3) is 0.533. The van der Waals surface area contributed by atoms with E-state index in [4.69, 9.17) is 11.1 Å². The van der Waals surface area contributed by atoms with Crippen molar-refractivity contribution in [1.29, 1.82) is 5.41 Å². The molecular weight excluding hydrogens is 302 g/mol. The summed E-state index contributed by atoms with van der Waals surface area (Å²) in [6, 6.07) is 6.66. The molecule has 19 heavy (non-hydrogen) atoms. The Balaban J connectivity index is 2.19. The van der Waals surface area contributed by atoms with Crippen LogP contribution in [0.15, 0.2) is 22.7 Å². The number of nitrogens with one attached hydrogen (secondary N) is 1. The van der Waals surface area contributed by atoms with Crippen molar-refractivity contribution < 1.29 is 0 Å². The second-order valence-electron chi connectivity index (χ2n) is 5.69. The highest BCUT2D eigenvalue weighted by Crippen LogP contribution is 2.36. The van der Waals surface area contributed by atoms with Gasteiger partial charge in [0.05, 0.1) is 5.69 Å². The van der Waals surface area contributed by atoms with E-state index in [0.29, 0.717) is 6.04 Å². The lowest BCUT2D eigenvalue weighted by Crippen LogP contribution is -2.28. The highest BCUT2D eigenvalue weighted by molar-refractivity contribution is 9.10. The van der Waals surface area contributed by atoms with E-state index in [9.17, 15) is 0 Å². The predicted octanol–water partition coefficient (Wildman–Crippen LogP) is 3.75. The molecule has 1 fully saturated rings. The van der Waals surface area contributed by atoms with Crippen molar-refractivity contribution in [3.63, 3.8) is 0 Å². The van der Waals surface area contributed by atoms with Gasteiger partial charge in [-0.05, 0) is 59.3 Å². The summed E-state index contributed by atoms with van der Waals surface area (Å²) in [5.41, 5.74) is 7.53. The van der Waals surface area contributed by atoms with Gasteiger partial charge in [-0.25, -0.2) is 0 Å². The maximum atomic E-state index is 7.49. The number of amidine groups is 1.